The van der Waals surface area contributed by atoms with Gasteiger partial charge in [0.2, 0.25) is 0 Å². The van der Waals surface area contributed by atoms with E-state index in [1.165, 1.54) is 19.3 Å². The molecule has 60 valence electrons. The zero-order chi connectivity index (χ0) is 7.40. The predicted molar refractivity (Wildman–Crippen MR) is 46.3 cm³/mol. The Labute approximate surface area is 67.2 Å². The molecule has 0 aromatic carbocycles. The highest BCUT2D eigenvalue weighted by molar-refractivity contribution is 7.98. The molecule has 0 aromatic rings. The Morgan fingerprint density at radius 3 is 2.80 bits per heavy atom. The van der Waals surface area contributed by atoms with Gasteiger partial charge in [-0.2, -0.15) is 11.8 Å². The van der Waals surface area contributed by atoms with Gasteiger partial charge >= 0.3 is 0 Å². The van der Waals surface area contributed by atoms with Gasteiger partial charge in [-0.3, -0.25) is 0 Å². The van der Waals surface area contributed by atoms with Crippen LogP contribution in [-0.2, 0) is 0 Å². The topological polar surface area (TPSA) is 20.2 Å². The van der Waals surface area contributed by atoms with Gasteiger partial charge in [-0.05, 0) is 25.0 Å². The number of hydrogen-bond donors (Lipinski definition) is 1. The molecule has 1 aliphatic carbocycles. The van der Waals surface area contributed by atoms with Crippen LogP contribution in [0.4, 0.5) is 0 Å². The van der Waals surface area contributed by atoms with Crippen molar-refractivity contribution in [3.63, 3.8) is 0 Å². The number of rotatable bonds is 5. The second-order valence-electron chi connectivity index (χ2n) is 3.13. The molecule has 1 nitrogen and oxygen atoms in total. The first-order chi connectivity index (χ1) is 4.83. The molecule has 0 radical (unpaired) electrons. The standard InChI is InChI=1S/C8H16OS/c1-10-6-8(9)5-4-7-2-3-7/h7-9H,2-6H2,1H3. The first kappa shape index (κ1) is 8.41. The summed E-state index contributed by atoms with van der Waals surface area (Å²) in [6.45, 7) is 0. The molecule has 0 aliphatic heterocycles. The van der Waals surface area contributed by atoms with Crippen molar-refractivity contribution in [2.45, 2.75) is 31.8 Å². The van der Waals surface area contributed by atoms with Gasteiger partial charge in [-0.15, -0.1) is 0 Å². The zero-order valence-corrected chi connectivity index (χ0v) is 7.36. The van der Waals surface area contributed by atoms with Gasteiger partial charge in [-0.25, -0.2) is 0 Å². The summed E-state index contributed by atoms with van der Waals surface area (Å²) in [5.74, 6) is 1.88. The van der Waals surface area contributed by atoms with E-state index in [-0.39, 0.29) is 6.10 Å². The van der Waals surface area contributed by atoms with Gasteiger partial charge in [0, 0.05) is 5.75 Å². The highest BCUT2D eigenvalue weighted by atomic mass is 32.2. The molecule has 1 aliphatic rings. The van der Waals surface area contributed by atoms with Crippen molar-refractivity contribution >= 4 is 11.8 Å². The van der Waals surface area contributed by atoms with Crippen molar-refractivity contribution in [3.05, 3.63) is 0 Å². The Morgan fingerprint density at radius 2 is 2.30 bits per heavy atom. The van der Waals surface area contributed by atoms with Crippen molar-refractivity contribution in [2.24, 2.45) is 5.92 Å². The number of aliphatic hydroxyl groups excluding tert-OH is 1. The molecule has 2 heteroatoms. The predicted octanol–water partition coefficient (Wildman–Crippen LogP) is 1.90. The van der Waals surface area contributed by atoms with Crippen LogP contribution in [0.5, 0.6) is 0 Å². The van der Waals surface area contributed by atoms with Crippen LogP contribution in [0.15, 0.2) is 0 Å². The van der Waals surface area contributed by atoms with E-state index in [0.717, 1.165) is 18.1 Å². The number of aliphatic hydroxyl groups is 1. The summed E-state index contributed by atoms with van der Waals surface area (Å²) in [4.78, 5) is 0. The van der Waals surface area contributed by atoms with Crippen LogP contribution >= 0.6 is 11.8 Å². The average molecular weight is 160 g/mol. The Bertz CT molecular complexity index is 91.3. The van der Waals surface area contributed by atoms with E-state index in [9.17, 15) is 5.11 Å². The van der Waals surface area contributed by atoms with E-state index in [2.05, 4.69) is 0 Å². The summed E-state index contributed by atoms with van der Waals surface area (Å²) >= 11 is 1.73. The lowest BCUT2D eigenvalue weighted by molar-refractivity contribution is 0.184. The summed E-state index contributed by atoms with van der Waals surface area (Å²) in [7, 11) is 0. The molecule has 1 atom stereocenters. The van der Waals surface area contributed by atoms with Gasteiger partial charge in [0.1, 0.15) is 0 Å². The highest BCUT2D eigenvalue weighted by Crippen LogP contribution is 2.33. The highest BCUT2D eigenvalue weighted by Gasteiger charge is 2.21. The minimum atomic E-state index is -0.0457. The normalized spacial score (nSPS) is 21.0. The van der Waals surface area contributed by atoms with E-state index in [4.69, 9.17) is 0 Å². The van der Waals surface area contributed by atoms with E-state index in [0.29, 0.717) is 0 Å². The molecule has 0 spiro atoms. The van der Waals surface area contributed by atoms with Crippen molar-refractivity contribution in [3.8, 4) is 0 Å². The largest absolute Gasteiger partial charge is 0.392 e. The fraction of sp³-hybridized carbons (Fsp3) is 1.00. The summed E-state index contributed by atoms with van der Waals surface area (Å²) in [5.41, 5.74) is 0. The molecule has 0 saturated heterocycles. The molecule has 0 heterocycles. The SMILES string of the molecule is CSCC(O)CCC1CC1. The molecule has 1 saturated carbocycles. The van der Waals surface area contributed by atoms with Crippen LogP contribution < -0.4 is 0 Å². The van der Waals surface area contributed by atoms with Crippen molar-refractivity contribution in [2.75, 3.05) is 12.0 Å². The summed E-state index contributed by atoms with van der Waals surface area (Å²) in [6.07, 6.45) is 7.08. The van der Waals surface area contributed by atoms with Gasteiger partial charge in [0.15, 0.2) is 0 Å². The molecular weight excluding hydrogens is 144 g/mol. The maximum atomic E-state index is 9.30. The molecular formula is C8H16OS. The van der Waals surface area contributed by atoms with Crippen LogP contribution in [0.2, 0.25) is 0 Å². The maximum absolute atomic E-state index is 9.30. The van der Waals surface area contributed by atoms with Crippen molar-refractivity contribution in [1.82, 2.24) is 0 Å². The second-order valence-corrected chi connectivity index (χ2v) is 4.04. The van der Waals surface area contributed by atoms with Crippen LogP contribution in [-0.4, -0.2) is 23.2 Å². The van der Waals surface area contributed by atoms with Gasteiger partial charge in [0.25, 0.3) is 0 Å². The Kier molecular flexibility index (Phi) is 3.57. The molecule has 0 aromatic heterocycles. The van der Waals surface area contributed by atoms with Crippen LogP contribution in [0.25, 0.3) is 0 Å². The molecule has 1 fully saturated rings. The third kappa shape index (κ3) is 3.47. The van der Waals surface area contributed by atoms with Crippen molar-refractivity contribution in [1.29, 1.82) is 0 Å². The fourth-order valence-electron chi connectivity index (χ4n) is 1.11. The third-order valence-electron chi connectivity index (χ3n) is 1.96. The number of thioether (sulfide) groups is 1. The zero-order valence-electron chi connectivity index (χ0n) is 6.55. The van der Waals surface area contributed by atoms with Gasteiger partial charge in [-0.1, -0.05) is 12.8 Å². The van der Waals surface area contributed by atoms with Crippen LogP contribution in [0.1, 0.15) is 25.7 Å². The summed E-state index contributed by atoms with van der Waals surface area (Å²) in [5, 5.41) is 9.30. The Balaban J connectivity index is 1.89. The quantitative estimate of drug-likeness (QED) is 0.663. The lowest BCUT2D eigenvalue weighted by atomic mass is 10.1. The van der Waals surface area contributed by atoms with E-state index in [1.54, 1.807) is 11.8 Å². The molecule has 10 heavy (non-hydrogen) atoms. The van der Waals surface area contributed by atoms with E-state index >= 15 is 0 Å². The second kappa shape index (κ2) is 4.24. The maximum Gasteiger partial charge on any atom is 0.0630 e. The van der Waals surface area contributed by atoms with E-state index < -0.39 is 0 Å². The van der Waals surface area contributed by atoms with E-state index in [1.807, 2.05) is 6.26 Å². The average Bonchev–Trinajstić information content (AvgIpc) is 2.67. The molecule has 0 amide bonds. The minimum Gasteiger partial charge on any atom is -0.392 e. The smallest absolute Gasteiger partial charge is 0.0630 e. The van der Waals surface area contributed by atoms with Crippen LogP contribution in [0.3, 0.4) is 0 Å². The lowest BCUT2D eigenvalue weighted by Crippen LogP contribution is -2.09. The van der Waals surface area contributed by atoms with Gasteiger partial charge in [0.05, 0.1) is 6.10 Å². The summed E-state index contributed by atoms with van der Waals surface area (Å²) in [6, 6.07) is 0. The molecule has 1 unspecified atom stereocenters. The molecule has 0 bridgehead atoms. The lowest BCUT2D eigenvalue weighted by Gasteiger charge is -2.06. The van der Waals surface area contributed by atoms with Crippen LogP contribution in [0, 0.1) is 5.92 Å². The molecule has 1 N–H and O–H groups in total. The monoisotopic (exact) mass is 160 g/mol. The first-order valence-corrected chi connectivity index (χ1v) is 5.39. The third-order valence-corrected chi connectivity index (χ3v) is 2.68. The number of hydrogen-bond acceptors (Lipinski definition) is 2. The molecule has 1 rings (SSSR count). The van der Waals surface area contributed by atoms with Crippen molar-refractivity contribution < 1.29 is 5.11 Å². The Morgan fingerprint density at radius 1 is 1.60 bits per heavy atom. The fourth-order valence-corrected chi connectivity index (χ4v) is 1.66. The summed E-state index contributed by atoms with van der Waals surface area (Å²) < 4.78 is 0. The minimum absolute atomic E-state index is 0.0457. The first-order valence-electron chi connectivity index (χ1n) is 4.00. The van der Waals surface area contributed by atoms with Gasteiger partial charge < -0.3 is 5.11 Å². The Hall–Kier alpha value is 0.310.